The third kappa shape index (κ3) is 4.14. The summed E-state index contributed by atoms with van der Waals surface area (Å²) in [6.07, 6.45) is 1.90. The summed E-state index contributed by atoms with van der Waals surface area (Å²) in [5.41, 5.74) is 6.64. The third-order valence-corrected chi connectivity index (χ3v) is 6.26. The summed E-state index contributed by atoms with van der Waals surface area (Å²) in [5.74, 6) is 1.42. The predicted octanol–water partition coefficient (Wildman–Crippen LogP) is 6.06. The van der Waals surface area contributed by atoms with Crippen molar-refractivity contribution in [2.24, 2.45) is 4.99 Å². The maximum atomic E-state index is 5.40. The van der Waals surface area contributed by atoms with Crippen molar-refractivity contribution in [3.8, 4) is 28.4 Å². The first-order valence-electron chi connectivity index (χ1n) is 10.4. The minimum absolute atomic E-state index is 0.660. The lowest BCUT2D eigenvalue weighted by molar-refractivity contribution is 0.394. The normalized spacial score (nSPS) is 11.6. The maximum Gasteiger partial charge on any atom is 0.190 e. The molecule has 2 heterocycles. The van der Waals surface area contributed by atoms with E-state index in [9.17, 15) is 0 Å². The first kappa shape index (κ1) is 21.7. The summed E-state index contributed by atoms with van der Waals surface area (Å²) in [6.45, 7) is 8.93. The fourth-order valence-corrected chi connectivity index (χ4v) is 4.83. The second-order valence-electron chi connectivity index (χ2n) is 7.44. The van der Waals surface area contributed by atoms with Crippen LogP contribution in [0.1, 0.15) is 11.4 Å². The van der Waals surface area contributed by atoms with Gasteiger partial charge in [-0.15, -0.1) is 17.9 Å². The number of nitrogens with zero attached hydrogens (tertiary/aromatic N) is 3. The standard InChI is InChI=1S/C26H27N3O2S/c1-6-12-28-25(24-13-18(2)29(19(24)3)21-10-8-7-9-11-21)17-32-26(28)27-20-14-22(30-4)16-23(15-20)31-5/h6-11,13-17H,1,12H2,2-5H3. The summed E-state index contributed by atoms with van der Waals surface area (Å²) < 4.78 is 15.3. The molecule has 0 aliphatic heterocycles. The first-order valence-corrected chi connectivity index (χ1v) is 11.3. The first-order chi connectivity index (χ1) is 15.5. The molecule has 4 aromatic rings. The molecule has 2 aromatic carbocycles. The SMILES string of the molecule is C=CCn1c(-c2cc(C)n(-c3ccccc3)c2C)csc1=Nc1cc(OC)cc(OC)c1. The van der Waals surface area contributed by atoms with E-state index >= 15 is 0 Å². The number of thiazole rings is 1. The van der Waals surface area contributed by atoms with Gasteiger partial charge in [0.25, 0.3) is 0 Å². The molecule has 0 saturated heterocycles. The zero-order chi connectivity index (χ0) is 22.7. The van der Waals surface area contributed by atoms with E-state index < -0.39 is 0 Å². The summed E-state index contributed by atoms with van der Waals surface area (Å²) in [5, 5.41) is 2.16. The number of aromatic nitrogens is 2. The van der Waals surface area contributed by atoms with Gasteiger partial charge in [0.1, 0.15) is 11.5 Å². The summed E-state index contributed by atoms with van der Waals surface area (Å²) in [4.78, 5) is 5.80. The van der Waals surface area contributed by atoms with Crippen LogP contribution in [0.5, 0.6) is 11.5 Å². The zero-order valence-electron chi connectivity index (χ0n) is 18.8. The largest absolute Gasteiger partial charge is 0.497 e. The number of aryl methyl sites for hydroxylation is 1. The molecule has 0 saturated carbocycles. The smallest absolute Gasteiger partial charge is 0.190 e. The lowest BCUT2D eigenvalue weighted by Gasteiger charge is -2.11. The Hall–Kier alpha value is -3.51. The highest BCUT2D eigenvalue weighted by atomic mass is 32.1. The second-order valence-corrected chi connectivity index (χ2v) is 8.28. The Morgan fingerprint density at radius 2 is 1.69 bits per heavy atom. The van der Waals surface area contributed by atoms with Gasteiger partial charge in [-0.05, 0) is 32.0 Å². The van der Waals surface area contributed by atoms with Gasteiger partial charge in [-0.25, -0.2) is 4.99 Å². The van der Waals surface area contributed by atoms with Gasteiger partial charge < -0.3 is 18.6 Å². The molecule has 0 bridgehead atoms. The number of para-hydroxylation sites is 1. The topological polar surface area (TPSA) is 40.7 Å². The van der Waals surface area contributed by atoms with Gasteiger partial charge >= 0.3 is 0 Å². The number of ether oxygens (including phenoxy) is 2. The average molecular weight is 446 g/mol. The summed E-state index contributed by atoms with van der Waals surface area (Å²) in [7, 11) is 3.28. The van der Waals surface area contributed by atoms with Crippen LogP contribution in [0.4, 0.5) is 5.69 Å². The Bertz CT molecular complexity index is 1290. The van der Waals surface area contributed by atoms with Crippen molar-refractivity contribution in [2.45, 2.75) is 20.4 Å². The third-order valence-electron chi connectivity index (χ3n) is 5.39. The van der Waals surface area contributed by atoms with Gasteiger partial charge in [0.15, 0.2) is 4.80 Å². The molecule has 32 heavy (non-hydrogen) atoms. The van der Waals surface area contributed by atoms with Crippen LogP contribution in [-0.4, -0.2) is 23.4 Å². The van der Waals surface area contributed by atoms with Crippen LogP contribution in [0.25, 0.3) is 16.9 Å². The van der Waals surface area contributed by atoms with Crippen molar-refractivity contribution in [3.05, 3.63) is 88.8 Å². The molecule has 0 N–H and O–H groups in total. The van der Waals surface area contributed by atoms with E-state index in [-0.39, 0.29) is 0 Å². The number of methoxy groups -OCH3 is 2. The Kier molecular flexibility index (Phi) is 6.32. The van der Waals surface area contributed by atoms with Gasteiger partial charge in [0.2, 0.25) is 0 Å². The Morgan fingerprint density at radius 1 is 1.00 bits per heavy atom. The van der Waals surface area contributed by atoms with Crippen molar-refractivity contribution in [1.82, 2.24) is 9.13 Å². The highest BCUT2D eigenvalue weighted by Gasteiger charge is 2.16. The molecule has 0 fully saturated rings. The van der Waals surface area contributed by atoms with E-state index in [0.717, 1.165) is 21.9 Å². The van der Waals surface area contributed by atoms with Crippen LogP contribution in [0.3, 0.4) is 0 Å². The average Bonchev–Trinajstić information content (AvgIpc) is 3.33. The molecule has 0 aliphatic rings. The van der Waals surface area contributed by atoms with E-state index in [4.69, 9.17) is 14.5 Å². The van der Waals surface area contributed by atoms with Crippen molar-refractivity contribution in [1.29, 1.82) is 0 Å². The maximum absolute atomic E-state index is 5.40. The molecule has 2 aromatic heterocycles. The highest BCUT2D eigenvalue weighted by Crippen LogP contribution is 2.31. The molecule has 0 amide bonds. The minimum Gasteiger partial charge on any atom is -0.497 e. The number of hydrogen-bond acceptors (Lipinski definition) is 4. The van der Waals surface area contributed by atoms with Crippen LogP contribution in [0, 0.1) is 13.8 Å². The van der Waals surface area contributed by atoms with Gasteiger partial charge in [0.05, 0.1) is 25.6 Å². The van der Waals surface area contributed by atoms with Crippen molar-refractivity contribution >= 4 is 17.0 Å². The predicted molar refractivity (Wildman–Crippen MR) is 132 cm³/mol. The molecule has 0 spiro atoms. The molecule has 0 atom stereocenters. The van der Waals surface area contributed by atoms with E-state index in [1.807, 2.05) is 30.3 Å². The summed E-state index contributed by atoms with van der Waals surface area (Å²) in [6, 6.07) is 18.3. The molecule has 164 valence electrons. The highest BCUT2D eigenvalue weighted by molar-refractivity contribution is 7.07. The summed E-state index contributed by atoms with van der Waals surface area (Å²) >= 11 is 1.61. The molecule has 6 heteroatoms. The molecule has 0 unspecified atom stereocenters. The minimum atomic E-state index is 0.660. The van der Waals surface area contributed by atoms with Crippen molar-refractivity contribution in [3.63, 3.8) is 0 Å². The molecule has 4 rings (SSSR count). The Morgan fingerprint density at radius 3 is 2.31 bits per heavy atom. The second kappa shape index (κ2) is 9.32. The fraction of sp³-hybridized carbons (Fsp3) is 0.192. The molecular formula is C26H27N3O2S. The Labute approximate surface area is 192 Å². The van der Waals surface area contributed by atoms with Gasteiger partial charge in [-0.3, -0.25) is 0 Å². The quantitative estimate of drug-likeness (QED) is 0.325. The Balaban J connectivity index is 1.86. The monoisotopic (exact) mass is 445 g/mol. The van der Waals surface area contributed by atoms with Crippen LogP contribution in [-0.2, 0) is 6.54 Å². The van der Waals surface area contributed by atoms with Gasteiger partial charge in [-0.2, -0.15) is 0 Å². The molecule has 0 radical (unpaired) electrons. The van der Waals surface area contributed by atoms with E-state index in [0.29, 0.717) is 18.0 Å². The van der Waals surface area contributed by atoms with E-state index in [1.165, 1.54) is 17.0 Å². The number of allylic oxidation sites excluding steroid dienone is 1. The number of hydrogen-bond donors (Lipinski definition) is 0. The van der Waals surface area contributed by atoms with Crippen molar-refractivity contribution in [2.75, 3.05) is 14.2 Å². The van der Waals surface area contributed by atoms with E-state index in [2.05, 4.69) is 65.3 Å². The van der Waals surface area contributed by atoms with E-state index in [1.54, 1.807) is 25.6 Å². The zero-order valence-corrected chi connectivity index (χ0v) is 19.6. The van der Waals surface area contributed by atoms with Crippen LogP contribution in [0.2, 0.25) is 0 Å². The molecule has 0 aliphatic carbocycles. The fourth-order valence-electron chi connectivity index (χ4n) is 3.90. The molecular weight excluding hydrogens is 418 g/mol. The van der Waals surface area contributed by atoms with Crippen LogP contribution >= 0.6 is 11.3 Å². The number of rotatable bonds is 7. The van der Waals surface area contributed by atoms with Crippen molar-refractivity contribution < 1.29 is 9.47 Å². The van der Waals surface area contributed by atoms with Crippen LogP contribution in [0.15, 0.2) is 77.6 Å². The number of benzene rings is 2. The lowest BCUT2D eigenvalue weighted by Crippen LogP contribution is -2.15. The van der Waals surface area contributed by atoms with Gasteiger partial charge in [-0.1, -0.05) is 24.3 Å². The van der Waals surface area contributed by atoms with Crippen LogP contribution < -0.4 is 14.3 Å². The van der Waals surface area contributed by atoms with Gasteiger partial charge in [0, 0.05) is 52.8 Å². The molecule has 5 nitrogen and oxygen atoms in total. The lowest BCUT2D eigenvalue weighted by atomic mass is 10.2.